The molecule has 2 atom stereocenters. The lowest BCUT2D eigenvalue weighted by Crippen LogP contribution is -2.39. The van der Waals surface area contributed by atoms with Gasteiger partial charge in [-0.3, -0.25) is 4.90 Å². The van der Waals surface area contributed by atoms with Gasteiger partial charge in [-0.15, -0.1) is 0 Å². The van der Waals surface area contributed by atoms with E-state index in [1.165, 1.54) is 18.4 Å². The lowest BCUT2D eigenvalue weighted by atomic mass is 9.98. The minimum atomic E-state index is 0.213. The van der Waals surface area contributed by atoms with Crippen molar-refractivity contribution in [1.82, 2.24) is 4.90 Å². The third kappa shape index (κ3) is 3.98. The summed E-state index contributed by atoms with van der Waals surface area (Å²) in [6.07, 6.45) is 2.79. The summed E-state index contributed by atoms with van der Waals surface area (Å²) in [5.41, 5.74) is 7.40. The van der Waals surface area contributed by atoms with Crippen LogP contribution in [0.4, 0.5) is 0 Å². The van der Waals surface area contributed by atoms with Gasteiger partial charge in [0.25, 0.3) is 0 Å². The highest BCUT2D eigenvalue weighted by Gasteiger charge is 2.32. The molecule has 21 heavy (non-hydrogen) atoms. The third-order valence-electron chi connectivity index (χ3n) is 4.37. The highest BCUT2D eigenvalue weighted by Crippen LogP contribution is 2.33. The average molecular weight is 290 g/mol. The molecular formula is C18H30N2O. The molecule has 0 aromatic heterocycles. The first-order chi connectivity index (χ1) is 10.0. The topological polar surface area (TPSA) is 38.5 Å². The monoisotopic (exact) mass is 290 g/mol. The van der Waals surface area contributed by atoms with Gasteiger partial charge in [0.1, 0.15) is 5.75 Å². The van der Waals surface area contributed by atoms with Crippen LogP contribution in [0.2, 0.25) is 0 Å². The lowest BCUT2D eigenvalue weighted by molar-refractivity contribution is 0.149. The van der Waals surface area contributed by atoms with Gasteiger partial charge in [-0.05, 0) is 56.8 Å². The number of hydrogen-bond acceptors (Lipinski definition) is 3. The second kappa shape index (κ2) is 7.28. The van der Waals surface area contributed by atoms with Crippen LogP contribution in [0.25, 0.3) is 0 Å². The molecule has 1 fully saturated rings. The molecule has 1 heterocycles. The molecule has 1 aromatic carbocycles. The second-order valence-corrected chi connectivity index (χ2v) is 6.68. The van der Waals surface area contributed by atoms with Crippen LogP contribution in [0.1, 0.15) is 52.1 Å². The van der Waals surface area contributed by atoms with Crippen molar-refractivity contribution in [3.8, 4) is 5.75 Å². The van der Waals surface area contributed by atoms with Crippen LogP contribution in [0.3, 0.4) is 0 Å². The summed E-state index contributed by atoms with van der Waals surface area (Å²) in [5, 5.41) is 0. The fourth-order valence-electron chi connectivity index (χ4n) is 3.42. The molecule has 1 aliphatic heterocycles. The van der Waals surface area contributed by atoms with E-state index < -0.39 is 0 Å². The molecule has 0 amide bonds. The quantitative estimate of drug-likeness (QED) is 0.870. The van der Waals surface area contributed by atoms with Gasteiger partial charge in [0.15, 0.2) is 0 Å². The van der Waals surface area contributed by atoms with Crippen molar-refractivity contribution in [2.24, 2.45) is 11.7 Å². The molecule has 0 aliphatic carbocycles. The highest BCUT2D eigenvalue weighted by molar-refractivity contribution is 5.30. The highest BCUT2D eigenvalue weighted by atomic mass is 16.5. The molecule has 2 unspecified atom stereocenters. The molecule has 3 heteroatoms. The van der Waals surface area contributed by atoms with Crippen molar-refractivity contribution in [2.75, 3.05) is 13.1 Å². The zero-order chi connectivity index (χ0) is 15.4. The second-order valence-electron chi connectivity index (χ2n) is 6.68. The summed E-state index contributed by atoms with van der Waals surface area (Å²) in [6, 6.07) is 9.46. The molecule has 2 N–H and O–H groups in total. The molecule has 118 valence electrons. The zero-order valence-corrected chi connectivity index (χ0v) is 13.9. The van der Waals surface area contributed by atoms with E-state index >= 15 is 0 Å². The minimum absolute atomic E-state index is 0.213. The molecule has 2 rings (SSSR count). The fraction of sp³-hybridized carbons (Fsp3) is 0.667. The molecule has 0 bridgehead atoms. The number of likely N-dealkylation sites (tertiary alicyclic amines) is 1. The molecule has 0 radical (unpaired) electrons. The van der Waals surface area contributed by atoms with Crippen LogP contribution in [0.15, 0.2) is 24.3 Å². The van der Waals surface area contributed by atoms with Crippen molar-refractivity contribution < 1.29 is 4.74 Å². The first kappa shape index (κ1) is 16.3. The molecule has 0 spiro atoms. The minimum Gasteiger partial charge on any atom is -0.491 e. The Morgan fingerprint density at radius 3 is 2.38 bits per heavy atom. The van der Waals surface area contributed by atoms with Crippen LogP contribution in [-0.4, -0.2) is 30.1 Å². The maximum atomic E-state index is 6.09. The molecular weight excluding hydrogens is 260 g/mol. The maximum Gasteiger partial charge on any atom is 0.119 e. The van der Waals surface area contributed by atoms with Gasteiger partial charge in [-0.25, -0.2) is 0 Å². The Morgan fingerprint density at radius 1 is 1.19 bits per heavy atom. The van der Waals surface area contributed by atoms with Gasteiger partial charge in [0.05, 0.1) is 6.10 Å². The van der Waals surface area contributed by atoms with Crippen LogP contribution in [0, 0.1) is 5.92 Å². The number of benzene rings is 1. The zero-order valence-electron chi connectivity index (χ0n) is 13.9. The standard InChI is InChI=1S/C18H30N2O/c1-13(2)17-6-5-11-20(17)18(12-19)15-7-9-16(10-8-15)21-14(3)4/h7-10,13-14,17-18H,5-6,11-12,19H2,1-4H3. The van der Waals surface area contributed by atoms with Crippen molar-refractivity contribution in [3.63, 3.8) is 0 Å². The van der Waals surface area contributed by atoms with Crippen molar-refractivity contribution >= 4 is 0 Å². The predicted octanol–water partition coefficient (Wildman–Crippen LogP) is 3.59. The molecule has 1 saturated heterocycles. The number of nitrogens with two attached hydrogens (primary N) is 1. The smallest absolute Gasteiger partial charge is 0.119 e. The Bertz CT molecular complexity index is 427. The van der Waals surface area contributed by atoms with Gasteiger partial charge in [0.2, 0.25) is 0 Å². The summed E-state index contributed by atoms with van der Waals surface area (Å²) in [6.45, 7) is 10.6. The Labute approximate surface area is 129 Å². The molecule has 0 saturated carbocycles. The largest absolute Gasteiger partial charge is 0.491 e. The Hall–Kier alpha value is -1.06. The first-order valence-corrected chi connectivity index (χ1v) is 8.25. The molecule has 3 nitrogen and oxygen atoms in total. The average Bonchev–Trinajstić information content (AvgIpc) is 2.90. The van der Waals surface area contributed by atoms with E-state index in [0.29, 0.717) is 24.5 Å². The summed E-state index contributed by atoms with van der Waals surface area (Å²) >= 11 is 0. The normalized spacial score (nSPS) is 21.2. The van der Waals surface area contributed by atoms with Crippen molar-refractivity contribution in [1.29, 1.82) is 0 Å². The van der Waals surface area contributed by atoms with Crippen LogP contribution in [-0.2, 0) is 0 Å². The summed E-state index contributed by atoms with van der Waals surface area (Å²) in [7, 11) is 0. The van der Waals surface area contributed by atoms with Crippen molar-refractivity contribution in [3.05, 3.63) is 29.8 Å². The SMILES string of the molecule is CC(C)Oc1ccc(C(CN)N2CCCC2C(C)C)cc1. The third-order valence-corrected chi connectivity index (χ3v) is 4.37. The maximum absolute atomic E-state index is 6.09. The fourth-order valence-corrected chi connectivity index (χ4v) is 3.42. The van der Waals surface area contributed by atoms with E-state index in [9.17, 15) is 0 Å². The first-order valence-electron chi connectivity index (χ1n) is 8.25. The Kier molecular flexibility index (Phi) is 5.65. The van der Waals surface area contributed by atoms with E-state index in [4.69, 9.17) is 10.5 Å². The number of nitrogens with zero attached hydrogens (tertiary/aromatic N) is 1. The van der Waals surface area contributed by atoms with Gasteiger partial charge >= 0.3 is 0 Å². The number of hydrogen-bond donors (Lipinski definition) is 1. The summed E-state index contributed by atoms with van der Waals surface area (Å²) in [5.74, 6) is 1.62. The van der Waals surface area contributed by atoms with E-state index in [1.807, 2.05) is 13.8 Å². The molecule has 1 aliphatic rings. The van der Waals surface area contributed by atoms with Gasteiger partial charge < -0.3 is 10.5 Å². The van der Waals surface area contributed by atoms with E-state index in [-0.39, 0.29) is 6.10 Å². The van der Waals surface area contributed by atoms with E-state index in [2.05, 4.69) is 43.0 Å². The van der Waals surface area contributed by atoms with E-state index in [0.717, 1.165) is 12.3 Å². The molecule has 1 aromatic rings. The Morgan fingerprint density at radius 2 is 1.86 bits per heavy atom. The van der Waals surface area contributed by atoms with Crippen LogP contribution in [0.5, 0.6) is 5.75 Å². The van der Waals surface area contributed by atoms with Gasteiger partial charge in [0, 0.05) is 18.6 Å². The van der Waals surface area contributed by atoms with Crippen molar-refractivity contribution in [2.45, 2.75) is 58.7 Å². The van der Waals surface area contributed by atoms with E-state index in [1.54, 1.807) is 0 Å². The number of ether oxygens (including phenoxy) is 1. The predicted molar refractivity (Wildman–Crippen MR) is 88.6 cm³/mol. The summed E-state index contributed by atoms with van der Waals surface area (Å²) < 4.78 is 5.72. The lowest BCUT2D eigenvalue weighted by Gasteiger charge is -2.35. The van der Waals surface area contributed by atoms with Crippen LogP contribution >= 0.6 is 0 Å². The number of rotatable bonds is 6. The van der Waals surface area contributed by atoms with Crippen LogP contribution < -0.4 is 10.5 Å². The van der Waals surface area contributed by atoms with Gasteiger partial charge in [-0.2, -0.15) is 0 Å². The Balaban J connectivity index is 2.13. The summed E-state index contributed by atoms with van der Waals surface area (Å²) in [4.78, 5) is 2.60. The van der Waals surface area contributed by atoms with Gasteiger partial charge in [-0.1, -0.05) is 26.0 Å².